The molecule has 0 atom stereocenters. The third kappa shape index (κ3) is 9.59. The van der Waals surface area contributed by atoms with Gasteiger partial charge < -0.3 is 17.3 Å². The van der Waals surface area contributed by atoms with Gasteiger partial charge in [0.2, 0.25) is 0 Å². The van der Waals surface area contributed by atoms with Crippen LogP contribution in [0, 0.1) is 12.2 Å². The van der Waals surface area contributed by atoms with Crippen molar-refractivity contribution in [2.24, 2.45) is 0 Å². The summed E-state index contributed by atoms with van der Waals surface area (Å²) in [4.78, 5) is 0. The number of rotatable bonds is 2. The molecular weight excluding hydrogens is 407 g/mol. The SMILES string of the molecule is F[B-](F)(F)F.[C-]1=C(c2ccccc2)C=CC1.[C-]1=C(c2ccccc2)C=CC1.[Fe+2]. The summed E-state index contributed by atoms with van der Waals surface area (Å²) in [6, 6.07) is 20.7. The van der Waals surface area contributed by atoms with Crippen LogP contribution in [0.25, 0.3) is 11.1 Å². The summed E-state index contributed by atoms with van der Waals surface area (Å²) < 4.78 is 39.0. The molecule has 2 aromatic rings. The van der Waals surface area contributed by atoms with Gasteiger partial charge in [-0.05, 0) is 0 Å². The Morgan fingerprint density at radius 3 is 1.18 bits per heavy atom. The molecule has 2 aliphatic carbocycles. The molecule has 28 heavy (non-hydrogen) atoms. The fourth-order valence-electron chi connectivity index (χ4n) is 2.44. The van der Waals surface area contributed by atoms with Gasteiger partial charge in [0, 0.05) is 0 Å². The van der Waals surface area contributed by atoms with E-state index in [0.29, 0.717) is 0 Å². The maximum Gasteiger partial charge on any atom is 2.00 e. The minimum Gasteiger partial charge on any atom is -0.418 e. The predicted octanol–water partition coefficient (Wildman–Crippen LogP) is 6.96. The van der Waals surface area contributed by atoms with Gasteiger partial charge in [-0.25, -0.2) is 0 Å². The molecule has 0 amide bonds. The molecule has 0 bridgehead atoms. The Bertz CT molecular complexity index is 751. The molecule has 0 unspecified atom stereocenters. The van der Waals surface area contributed by atoms with Crippen molar-refractivity contribution in [3.05, 3.63) is 108 Å². The van der Waals surface area contributed by atoms with Crippen molar-refractivity contribution in [2.75, 3.05) is 0 Å². The first-order chi connectivity index (χ1) is 12.9. The van der Waals surface area contributed by atoms with Crippen molar-refractivity contribution in [1.82, 2.24) is 0 Å². The van der Waals surface area contributed by atoms with Crippen molar-refractivity contribution in [3.8, 4) is 0 Å². The molecule has 2 aromatic carbocycles. The van der Waals surface area contributed by atoms with Gasteiger partial charge in [0.1, 0.15) is 0 Å². The molecule has 6 heteroatoms. The van der Waals surface area contributed by atoms with Crippen LogP contribution >= 0.6 is 0 Å². The van der Waals surface area contributed by atoms with E-state index < -0.39 is 7.25 Å². The topological polar surface area (TPSA) is 0 Å². The Balaban J connectivity index is 0.000000222. The number of benzene rings is 2. The maximum atomic E-state index is 9.75. The summed E-state index contributed by atoms with van der Waals surface area (Å²) in [5.74, 6) is 0. The molecule has 0 spiro atoms. The molecular formula is C22H18BF4Fe-. The second kappa shape index (κ2) is 12.2. The quantitative estimate of drug-likeness (QED) is 0.277. The van der Waals surface area contributed by atoms with E-state index in [-0.39, 0.29) is 17.1 Å². The Labute approximate surface area is 173 Å². The Hall–Kier alpha value is -2.30. The van der Waals surface area contributed by atoms with Crippen LogP contribution in [0.15, 0.2) is 85.0 Å². The molecule has 0 aromatic heterocycles. The van der Waals surface area contributed by atoms with Crippen molar-refractivity contribution < 1.29 is 34.3 Å². The molecule has 0 radical (unpaired) electrons. The van der Waals surface area contributed by atoms with E-state index in [4.69, 9.17) is 0 Å². The average molecular weight is 425 g/mol. The van der Waals surface area contributed by atoms with Gasteiger partial charge >= 0.3 is 24.3 Å². The zero-order valence-electron chi connectivity index (χ0n) is 14.9. The van der Waals surface area contributed by atoms with Crippen LogP contribution in [0.4, 0.5) is 17.3 Å². The van der Waals surface area contributed by atoms with Crippen LogP contribution in [0.1, 0.15) is 24.0 Å². The number of hydrogen-bond donors (Lipinski definition) is 0. The van der Waals surface area contributed by atoms with E-state index in [0.717, 1.165) is 12.8 Å². The largest absolute Gasteiger partial charge is 2.00 e. The van der Waals surface area contributed by atoms with Gasteiger partial charge in [0.25, 0.3) is 0 Å². The van der Waals surface area contributed by atoms with E-state index in [9.17, 15) is 17.3 Å². The third-order valence-electron chi connectivity index (χ3n) is 3.56. The van der Waals surface area contributed by atoms with Crippen molar-refractivity contribution >= 4 is 18.4 Å². The first-order valence-corrected chi connectivity index (χ1v) is 8.46. The normalized spacial score (nSPS) is 14.0. The molecule has 2 aliphatic rings. The summed E-state index contributed by atoms with van der Waals surface area (Å²) in [5.41, 5.74) is 4.98. The van der Waals surface area contributed by atoms with Crippen LogP contribution in [0.2, 0.25) is 0 Å². The predicted molar refractivity (Wildman–Crippen MR) is 104 cm³/mol. The second-order valence-corrected chi connectivity index (χ2v) is 5.62. The molecule has 0 N–H and O–H groups in total. The van der Waals surface area contributed by atoms with Crippen LogP contribution < -0.4 is 0 Å². The molecule has 146 valence electrons. The Morgan fingerprint density at radius 1 is 0.607 bits per heavy atom. The van der Waals surface area contributed by atoms with Crippen molar-refractivity contribution in [3.63, 3.8) is 0 Å². The first kappa shape index (κ1) is 23.7. The van der Waals surface area contributed by atoms with E-state index >= 15 is 0 Å². The van der Waals surface area contributed by atoms with E-state index in [2.05, 4.69) is 85.0 Å². The summed E-state index contributed by atoms with van der Waals surface area (Å²) >= 11 is 0. The van der Waals surface area contributed by atoms with Gasteiger partial charge in [0.05, 0.1) is 0 Å². The molecule has 0 saturated carbocycles. The standard InChI is InChI=1S/2C11H9.BF4.Fe/c2*1-2-6-10(7-3-1)11-8-4-5-9-11;2-1(3,4)5;/h2*1-4,6-8H,5H2;;/q3*-1;+2. The fraction of sp³-hybridized carbons (Fsp3) is 0.0909. The first-order valence-electron chi connectivity index (χ1n) is 8.46. The van der Waals surface area contributed by atoms with Crippen LogP contribution in [-0.4, -0.2) is 7.25 Å². The zero-order chi connectivity index (χ0) is 19.5. The molecule has 0 aliphatic heterocycles. The smallest absolute Gasteiger partial charge is 0.418 e. The zero-order valence-corrected chi connectivity index (χ0v) is 16.0. The van der Waals surface area contributed by atoms with Crippen molar-refractivity contribution in [1.29, 1.82) is 0 Å². The number of allylic oxidation sites excluding steroid dienone is 8. The van der Waals surface area contributed by atoms with E-state index in [1.807, 2.05) is 12.1 Å². The minimum absolute atomic E-state index is 0. The molecule has 0 fully saturated rings. The molecule has 4 rings (SSSR count). The van der Waals surface area contributed by atoms with Gasteiger partial charge in [-0.1, -0.05) is 49.2 Å². The van der Waals surface area contributed by atoms with Crippen LogP contribution in [0.5, 0.6) is 0 Å². The average Bonchev–Trinajstić information content (AvgIpc) is 3.37. The van der Waals surface area contributed by atoms with Gasteiger partial charge in [0.15, 0.2) is 0 Å². The molecule has 0 nitrogen and oxygen atoms in total. The number of hydrogen-bond acceptors (Lipinski definition) is 0. The Morgan fingerprint density at radius 2 is 0.929 bits per heavy atom. The third-order valence-corrected chi connectivity index (χ3v) is 3.56. The van der Waals surface area contributed by atoms with Crippen LogP contribution in [0.3, 0.4) is 0 Å². The monoisotopic (exact) mass is 425 g/mol. The van der Waals surface area contributed by atoms with Crippen LogP contribution in [-0.2, 0) is 17.1 Å². The summed E-state index contributed by atoms with van der Waals surface area (Å²) in [6.07, 6.45) is 17.0. The second-order valence-electron chi connectivity index (χ2n) is 5.62. The summed E-state index contributed by atoms with van der Waals surface area (Å²) in [7, 11) is -6.00. The van der Waals surface area contributed by atoms with E-state index in [1.54, 1.807) is 0 Å². The summed E-state index contributed by atoms with van der Waals surface area (Å²) in [5, 5.41) is 0. The van der Waals surface area contributed by atoms with Gasteiger partial charge in [-0.3, -0.25) is 0 Å². The Kier molecular flexibility index (Phi) is 10.4. The number of halogens is 4. The molecule has 0 saturated heterocycles. The summed E-state index contributed by atoms with van der Waals surface area (Å²) in [6.45, 7) is 0. The van der Waals surface area contributed by atoms with Crippen molar-refractivity contribution in [2.45, 2.75) is 12.8 Å². The van der Waals surface area contributed by atoms with Gasteiger partial charge in [-0.15, -0.1) is 47.5 Å². The van der Waals surface area contributed by atoms with E-state index in [1.165, 1.54) is 22.3 Å². The fourth-order valence-corrected chi connectivity index (χ4v) is 2.44. The minimum atomic E-state index is -6.00. The maximum absolute atomic E-state index is 9.75. The van der Waals surface area contributed by atoms with Gasteiger partial charge in [-0.2, -0.15) is 35.5 Å². The molecule has 0 heterocycles.